The fourth-order valence-electron chi connectivity index (χ4n) is 2.31. The summed E-state index contributed by atoms with van der Waals surface area (Å²) in [6.45, 7) is 2.83. The van der Waals surface area contributed by atoms with Gasteiger partial charge in [-0.25, -0.2) is 0 Å². The van der Waals surface area contributed by atoms with Crippen LogP contribution in [0.3, 0.4) is 0 Å². The van der Waals surface area contributed by atoms with E-state index in [2.05, 4.69) is 15.0 Å². The first kappa shape index (κ1) is 24.0. The number of aliphatic imine (C=N–C) groups is 1. The molecular weight excluding hydrogens is 486 g/mol. The molecule has 9 heteroatoms. The van der Waals surface area contributed by atoms with E-state index in [0.29, 0.717) is 19.6 Å². The summed E-state index contributed by atoms with van der Waals surface area (Å²) in [7, 11) is 0. The average Bonchev–Trinajstić information content (AvgIpc) is 2.62. The molecule has 154 valence electrons. The molecule has 3 N–H and O–H groups in total. The largest absolute Gasteiger partial charge is 0.573 e. The quantitative estimate of drug-likeness (QED) is 0.225. The van der Waals surface area contributed by atoms with Gasteiger partial charge in [-0.3, -0.25) is 4.99 Å². The van der Waals surface area contributed by atoms with Gasteiger partial charge in [-0.15, -0.1) is 37.1 Å². The second kappa shape index (κ2) is 11.7. The first-order chi connectivity index (χ1) is 12.8. The van der Waals surface area contributed by atoms with Crippen molar-refractivity contribution in [3.05, 3.63) is 60.2 Å². The van der Waals surface area contributed by atoms with Crippen LogP contribution in [0.1, 0.15) is 25.0 Å². The molecule has 2 aromatic rings. The molecule has 0 heterocycles. The molecule has 0 bridgehead atoms. The predicted octanol–water partition coefficient (Wildman–Crippen LogP) is 5.10. The minimum Gasteiger partial charge on any atom is -0.404 e. The Morgan fingerprint density at radius 3 is 2.43 bits per heavy atom. The van der Waals surface area contributed by atoms with Crippen LogP contribution in [-0.2, 0) is 4.74 Å². The lowest BCUT2D eigenvalue weighted by Gasteiger charge is -2.14. The van der Waals surface area contributed by atoms with Gasteiger partial charge in [-0.05, 0) is 31.0 Å². The maximum Gasteiger partial charge on any atom is 0.573 e. The number of benzene rings is 2. The van der Waals surface area contributed by atoms with E-state index in [1.54, 1.807) is 6.07 Å². The molecule has 2 aromatic carbocycles. The van der Waals surface area contributed by atoms with E-state index in [4.69, 9.17) is 10.5 Å². The molecule has 1 atom stereocenters. The van der Waals surface area contributed by atoms with Crippen LogP contribution < -0.4 is 15.8 Å². The Kier molecular flexibility index (Phi) is 10.1. The number of nitrogens with zero attached hydrogens (tertiary/aromatic N) is 1. The third kappa shape index (κ3) is 8.79. The van der Waals surface area contributed by atoms with Crippen LogP contribution in [0.15, 0.2) is 59.6 Å². The number of halogens is 4. The van der Waals surface area contributed by atoms with E-state index < -0.39 is 6.36 Å². The predicted molar refractivity (Wildman–Crippen MR) is 114 cm³/mol. The molecular formula is C19H23F3IN3O2. The molecule has 0 aliphatic carbocycles. The van der Waals surface area contributed by atoms with E-state index in [1.165, 1.54) is 18.2 Å². The number of para-hydroxylation sites is 2. The summed E-state index contributed by atoms with van der Waals surface area (Å²) in [5, 5.41) is 2.62. The van der Waals surface area contributed by atoms with Crippen LogP contribution >= 0.6 is 24.0 Å². The third-order valence-corrected chi connectivity index (χ3v) is 3.60. The number of rotatable bonds is 8. The fraction of sp³-hybridized carbons (Fsp3) is 0.316. The van der Waals surface area contributed by atoms with Gasteiger partial charge in [0.15, 0.2) is 11.7 Å². The Balaban J connectivity index is 0.00000392. The van der Waals surface area contributed by atoms with Gasteiger partial charge in [-0.1, -0.05) is 42.5 Å². The molecule has 2 rings (SSSR count). The highest BCUT2D eigenvalue weighted by Crippen LogP contribution is 2.29. The molecule has 28 heavy (non-hydrogen) atoms. The van der Waals surface area contributed by atoms with Gasteiger partial charge in [0.1, 0.15) is 0 Å². The van der Waals surface area contributed by atoms with Crippen molar-refractivity contribution in [2.45, 2.75) is 25.8 Å². The van der Waals surface area contributed by atoms with Gasteiger partial charge in [0.05, 0.1) is 11.8 Å². The Morgan fingerprint density at radius 1 is 1.11 bits per heavy atom. The van der Waals surface area contributed by atoms with Gasteiger partial charge in [0.2, 0.25) is 0 Å². The Bertz CT molecular complexity index is 743. The van der Waals surface area contributed by atoms with Crippen LogP contribution in [0, 0.1) is 0 Å². The van der Waals surface area contributed by atoms with E-state index in [-0.39, 0.29) is 47.5 Å². The van der Waals surface area contributed by atoms with Crippen molar-refractivity contribution < 1.29 is 22.6 Å². The minimum absolute atomic E-state index is 0. The monoisotopic (exact) mass is 509 g/mol. The SMILES string of the molecule is CC(OCCCN=C(N)Nc1ccccc1OC(F)(F)F)c1ccccc1.I. The smallest absolute Gasteiger partial charge is 0.404 e. The zero-order chi connectivity index (χ0) is 19.7. The highest BCUT2D eigenvalue weighted by Gasteiger charge is 2.32. The number of hydrogen-bond acceptors (Lipinski definition) is 3. The summed E-state index contributed by atoms with van der Waals surface area (Å²) < 4.78 is 46.9. The number of alkyl halides is 3. The molecule has 0 aromatic heterocycles. The molecule has 0 aliphatic rings. The van der Waals surface area contributed by atoms with E-state index >= 15 is 0 Å². The van der Waals surface area contributed by atoms with Crippen LogP contribution in [0.2, 0.25) is 0 Å². The Labute approximate surface area is 179 Å². The van der Waals surface area contributed by atoms with Crippen LogP contribution in [-0.4, -0.2) is 25.5 Å². The third-order valence-electron chi connectivity index (χ3n) is 3.60. The van der Waals surface area contributed by atoms with Crippen molar-refractivity contribution in [2.75, 3.05) is 18.5 Å². The van der Waals surface area contributed by atoms with Crippen molar-refractivity contribution >= 4 is 35.6 Å². The lowest BCUT2D eigenvalue weighted by atomic mass is 10.1. The zero-order valence-corrected chi connectivity index (χ0v) is 17.6. The van der Waals surface area contributed by atoms with E-state index in [9.17, 15) is 13.2 Å². The highest BCUT2D eigenvalue weighted by atomic mass is 127. The summed E-state index contributed by atoms with van der Waals surface area (Å²) in [6, 6.07) is 15.5. The lowest BCUT2D eigenvalue weighted by Crippen LogP contribution is -2.24. The van der Waals surface area contributed by atoms with Crippen molar-refractivity contribution in [2.24, 2.45) is 10.7 Å². The summed E-state index contributed by atoms with van der Waals surface area (Å²) >= 11 is 0. The number of ether oxygens (including phenoxy) is 2. The number of guanidine groups is 1. The Morgan fingerprint density at radius 2 is 1.75 bits per heavy atom. The molecule has 0 aliphatic heterocycles. The molecule has 5 nitrogen and oxygen atoms in total. The van der Waals surface area contributed by atoms with Crippen LogP contribution in [0.5, 0.6) is 5.75 Å². The second-order valence-corrected chi connectivity index (χ2v) is 5.71. The lowest BCUT2D eigenvalue weighted by molar-refractivity contribution is -0.274. The first-order valence-electron chi connectivity index (χ1n) is 8.43. The van der Waals surface area contributed by atoms with Crippen LogP contribution in [0.4, 0.5) is 18.9 Å². The first-order valence-corrected chi connectivity index (χ1v) is 8.43. The van der Waals surface area contributed by atoms with Gasteiger partial charge >= 0.3 is 6.36 Å². The summed E-state index contributed by atoms with van der Waals surface area (Å²) in [5.41, 5.74) is 6.91. The molecule has 0 radical (unpaired) electrons. The normalized spacial score (nSPS) is 12.8. The van der Waals surface area contributed by atoms with Crippen molar-refractivity contribution in [1.29, 1.82) is 0 Å². The summed E-state index contributed by atoms with van der Waals surface area (Å²) in [4.78, 5) is 4.09. The number of nitrogens with two attached hydrogens (primary N) is 1. The molecule has 1 unspecified atom stereocenters. The van der Waals surface area contributed by atoms with Gasteiger partial charge < -0.3 is 20.5 Å². The molecule has 0 fully saturated rings. The summed E-state index contributed by atoms with van der Waals surface area (Å²) in [5.74, 6) is -0.368. The Hall–Kier alpha value is -2.01. The topological polar surface area (TPSA) is 68.9 Å². The molecule has 0 spiro atoms. The second-order valence-electron chi connectivity index (χ2n) is 5.71. The highest BCUT2D eigenvalue weighted by molar-refractivity contribution is 14.0. The number of anilines is 1. The van der Waals surface area contributed by atoms with Crippen molar-refractivity contribution in [3.8, 4) is 5.75 Å². The van der Waals surface area contributed by atoms with Crippen molar-refractivity contribution in [1.82, 2.24) is 0 Å². The maximum absolute atomic E-state index is 12.4. The molecule has 0 amide bonds. The van der Waals surface area contributed by atoms with Crippen molar-refractivity contribution in [3.63, 3.8) is 0 Å². The maximum atomic E-state index is 12.4. The standard InChI is InChI=1S/C19H22F3N3O2.HI/c1-14(15-8-3-2-4-9-15)26-13-7-12-24-18(23)25-16-10-5-6-11-17(16)27-19(20,21)22;/h2-6,8-11,14H,7,12-13H2,1H3,(H3,23,24,25);1H. The van der Waals surface area contributed by atoms with E-state index in [1.807, 2.05) is 37.3 Å². The van der Waals surface area contributed by atoms with Gasteiger partial charge in [0, 0.05) is 13.2 Å². The summed E-state index contributed by atoms with van der Waals surface area (Å²) in [6.07, 6.45) is -4.19. The molecule has 0 saturated carbocycles. The fourth-order valence-corrected chi connectivity index (χ4v) is 2.31. The van der Waals surface area contributed by atoms with Crippen LogP contribution in [0.25, 0.3) is 0 Å². The molecule has 0 saturated heterocycles. The number of hydrogen-bond donors (Lipinski definition) is 2. The number of nitrogens with one attached hydrogen (secondary N) is 1. The van der Waals surface area contributed by atoms with E-state index in [0.717, 1.165) is 5.56 Å². The minimum atomic E-state index is -4.78. The van der Waals surface area contributed by atoms with Gasteiger partial charge in [-0.2, -0.15) is 0 Å². The van der Waals surface area contributed by atoms with Gasteiger partial charge in [0.25, 0.3) is 0 Å². The average molecular weight is 509 g/mol. The zero-order valence-electron chi connectivity index (χ0n) is 15.3.